The summed E-state index contributed by atoms with van der Waals surface area (Å²) in [7, 11) is 0. The molecule has 1 spiro atoms. The molecule has 3 N–H and O–H groups in total. The van der Waals surface area contributed by atoms with E-state index in [9.17, 15) is 19.9 Å². The van der Waals surface area contributed by atoms with E-state index in [1.54, 1.807) is 11.8 Å². The van der Waals surface area contributed by atoms with Gasteiger partial charge in [-0.15, -0.1) is 11.8 Å². The average Bonchev–Trinajstić information content (AvgIpc) is 2.94. The summed E-state index contributed by atoms with van der Waals surface area (Å²) in [5, 5.41) is 24.4. The van der Waals surface area contributed by atoms with Gasteiger partial charge in [-0.3, -0.25) is 19.9 Å². The molecule has 25 heavy (non-hydrogen) atoms. The summed E-state index contributed by atoms with van der Waals surface area (Å²) in [6.45, 7) is 0.520. The van der Waals surface area contributed by atoms with Crippen LogP contribution in [0.3, 0.4) is 0 Å². The van der Waals surface area contributed by atoms with Crippen molar-refractivity contribution in [1.29, 1.82) is 0 Å². The summed E-state index contributed by atoms with van der Waals surface area (Å²) in [5.41, 5.74) is 0.837. The van der Waals surface area contributed by atoms with E-state index in [4.69, 9.17) is 0 Å². The maximum Gasteiger partial charge on any atom is 0.224 e. The van der Waals surface area contributed by atoms with Crippen LogP contribution < -0.4 is 5.32 Å². The number of nitrogens with one attached hydrogen (secondary N) is 1. The third-order valence-corrected chi connectivity index (χ3v) is 8.03. The van der Waals surface area contributed by atoms with Gasteiger partial charge in [0.05, 0.1) is 22.5 Å². The molecule has 3 unspecified atom stereocenters. The Morgan fingerprint density at radius 1 is 1.28 bits per heavy atom. The Bertz CT molecular complexity index is 602. The molecule has 6 nitrogen and oxygen atoms in total. The van der Waals surface area contributed by atoms with Crippen LogP contribution >= 0.6 is 11.8 Å². The predicted octanol–water partition coefficient (Wildman–Crippen LogP) is 1.47. The molecule has 3 fully saturated rings. The minimum atomic E-state index is -0.424. The molecule has 0 aromatic rings. The lowest BCUT2D eigenvalue weighted by molar-refractivity contribution is -0.132. The van der Waals surface area contributed by atoms with Gasteiger partial charge in [-0.25, -0.2) is 0 Å². The van der Waals surface area contributed by atoms with E-state index in [1.807, 2.05) is 6.08 Å². The third kappa shape index (κ3) is 3.00. The van der Waals surface area contributed by atoms with Crippen LogP contribution in [0, 0.1) is 11.8 Å². The van der Waals surface area contributed by atoms with Gasteiger partial charge < -0.3 is 10.4 Å². The van der Waals surface area contributed by atoms with Gasteiger partial charge in [-0.2, -0.15) is 0 Å². The molecule has 1 saturated carbocycles. The summed E-state index contributed by atoms with van der Waals surface area (Å²) < 4.78 is -0.424. The van der Waals surface area contributed by atoms with Gasteiger partial charge in [-0.05, 0) is 38.0 Å². The summed E-state index contributed by atoms with van der Waals surface area (Å²) in [5.74, 6) is 0.966. The molecule has 2 saturated heterocycles. The lowest BCUT2D eigenvalue weighted by Gasteiger charge is -2.47. The van der Waals surface area contributed by atoms with Gasteiger partial charge in [-0.1, -0.05) is 6.08 Å². The van der Waals surface area contributed by atoms with Crippen LogP contribution in [0.4, 0.5) is 0 Å². The molecule has 1 amide bonds. The predicted molar refractivity (Wildman–Crippen MR) is 94.0 cm³/mol. The van der Waals surface area contributed by atoms with Gasteiger partial charge in [0.25, 0.3) is 0 Å². The van der Waals surface area contributed by atoms with Crippen molar-refractivity contribution in [3.63, 3.8) is 0 Å². The minimum absolute atomic E-state index is 0.0829. The number of amides is 1. The number of ketones is 1. The van der Waals surface area contributed by atoms with Crippen molar-refractivity contribution < 1.29 is 19.9 Å². The highest BCUT2D eigenvalue weighted by atomic mass is 32.2. The fourth-order valence-corrected chi connectivity index (χ4v) is 6.95. The molecule has 7 heteroatoms. The number of nitrogens with zero attached hydrogens (tertiary/aromatic N) is 1. The lowest BCUT2D eigenvalue weighted by Crippen LogP contribution is -2.53. The Morgan fingerprint density at radius 3 is 2.80 bits per heavy atom. The zero-order valence-electron chi connectivity index (χ0n) is 14.3. The van der Waals surface area contributed by atoms with Crippen LogP contribution in [-0.2, 0) is 9.59 Å². The summed E-state index contributed by atoms with van der Waals surface area (Å²) in [4.78, 5) is 25.0. The fourth-order valence-electron chi connectivity index (χ4n) is 5.00. The van der Waals surface area contributed by atoms with Crippen molar-refractivity contribution in [2.45, 2.75) is 61.8 Å². The number of thioether (sulfide) groups is 1. The minimum Gasteiger partial charge on any atom is -0.393 e. The van der Waals surface area contributed by atoms with E-state index < -0.39 is 4.75 Å². The van der Waals surface area contributed by atoms with E-state index in [1.165, 1.54) is 5.06 Å². The number of rotatable bonds is 2. The van der Waals surface area contributed by atoms with Crippen LogP contribution in [0.2, 0.25) is 0 Å². The molecule has 2 aliphatic heterocycles. The second-order valence-electron chi connectivity index (χ2n) is 7.85. The first kappa shape index (κ1) is 17.4. The normalized spacial score (nSPS) is 41.0. The van der Waals surface area contributed by atoms with Crippen LogP contribution in [0.5, 0.6) is 0 Å². The van der Waals surface area contributed by atoms with Crippen molar-refractivity contribution in [1.82, 2.24) is 10.4 Å². The van der Waals surface area contributed by atoms with Gasteiger partial charge in [0.15, 0.2) is 0 Å². The molecule has 0 aromatic heterocycles. The Labute approximate surface area is 152 Å². The number of carbonyl (C=O) groups is 2. The van der Waals surface area contributed by atoms with E-state index in [0.29, 0.717) is 25.1 Å². The number of hydrogen-bond acceptors (Lipinski definition) is 6. The average molecular weight is 366 g/mol. The standard InChI is InChI=1S/C18H26N2O4S/c21-12-3-1-11(2-4-12)19-17(23)14-10-25-18-9-13(22)5-6-16(18)20(24)8-7-15(14)18/h6,11-12,14-15,21,24H,1-5,7-10H2,(H,19,23). The smallest absolute Gasteiger partial charge is 0.224 e. The number of carbonyl (C=O) groups excluding carboxylic acids is 2. The maximum atomic E-state index is 12.9. The first-order valence-electron chi connectivity index (χ1n) is 9.31. The van der Waals surface area contributed by atoms with Gasteiger partial charge >= 0.3 is 0 Å². The van der Waals surface area contributed by atoms with Crippen LogP contribution in [0.1, 0.15) is 44.9 Å². The van der Waals surface area contributed by atoms with E-state index in [2.05, 4.69) is 5.32 Å². The Hall–Kier alpha value is -1.05. The highest BCUT2D eigenvalue weighted by Gasteiger charge is 2.58. The molecule has 4 aliphatic rings. The highest BCUT2D eigenvalue weighted by molar-refractivity contribution is 8.01. The largest absolute Gasteiger partial charge is 0.393 e. The third-order valence-electron chi connectivity index (χ3n) is 6.33. The molecular formula is C18H26N2O4S. The number of allylic oxidation sites excluding steroid dienone is 1. The molecule has 2 heterocycles. The molecule has 0 radical (unpaired) electrons. The van der Waals surface area contributed by atoms with Gasteiger partial charge in [0.2, 0.25) is 5.91 Å². The zero-order valence-corrected chi connectivity index (χ0v) is 15.1. The van der Waals surface area contributed by atoms with Crippen LogP contribution in [0.15, 0.2) is 11.8 Å². The first-order chi connectivity index (χ1) is 12.0. The number of piperidine rings is 1. The molecule has 0 bridgehead atoms. The summed E-state index contributed by atoms with van der Waals surface area (Å²) in [6.07, 6.45) is 6.31. The Kier molecular flexibility index (Phi) is 4.58. The summed E-state index contributed by atoms with van der Waals surface area (Å²) >= 11 is 1.67. The Morgan fingerprint density at radius 2 is 2.04 bits per heavy atom. The SMILES string of the molecule is O=C1CC=C2N(O)CCC3C(C(=O)NC4CCC(O)CC4)CSC23C1. The number of hydrogen-bond donors (Lipinski definition) is 3. The first-order valence-corrected chi connectivity index (χ1v) is 10.3. The number of hydroxylamine groups is 2. The molecule has 3 atom stereocenters. The van der Waals surface area contributed by atoms with Crippen molar-refractivity contribution in [2.75, 3.05) is 12.3 Å². The van der Waals surface area contributed by atoms with Crippen molar-refractivity contribution in [2.24, 2.45) is 11.8 Å². The highest BCUT2D eigenvalue weighted by Crippen LogP contribution is 2.58. The topological polar surface area (TPSA) is 89.9 Å². The summed E-state index contributed by atoms with van der Waals surface area (Å²) in [6, 6.07) is 0.151. The lowest BCUT2D eigenvalue weighted by atomic mass is 9.71. The maximum absolute atomic E-state index is 12.9. The number of aliphatic hydroxyl groups excluding tert-OH is 1. The quantitative estimate of drug-likeness (QED) is 0.686. The number of aliphatic hydroxyl groups is 1. The van der Waals surface area contributed by atoms with Gasteiger partial charge in [0.1, 0.15) is 5.78 Å². The molecule has 2 aliphatic carbocycles. The molecule has 4 rings (SSSR count). The van der Waals surface area contributed by atoms with Crippen LogP contribution in [-0.4, -0.2) is 56.3 Å². The molecule has 0 aromatic carbocycles. The van der Waals surface area contributed by atoms with Crippen molar-refractivity contribution >= 4 is 23.5 Å². The second-order valence-corrected chi connectivity index (χ2v) is 9.20. The van der Waals surface area contributed by atoms with E-state index >= 15 is 0 Å². The van der Waals surface area contributed by atoms with Crippen LogP contribution in [0.25, 0.3) is 0 Å². The van der Waals surface area contributed by atoms with Crippen molar-refractivity contribution in [3.8, 4) is 0 Å². The second kappa shape index (κ2) is 6.59. The fraction of sp³-hybridized carbons (Fsp3) is 0.778. The number of Topliss-reactive ketones (excluding diaryl/α,β-unsaturated/α-hetero) is 1. The van der Waals surface area contributed by atoms with Gasteiger partial charge in [0, 0.05) is 31.2 Å². The molecular weight excluding hydrogens is 340 g/mol. The van der Waals surface area contributed by atoms with E-state index in [0.717, 1.165) is 37.8 Å². The van der Waals surface area contributed by atoms with Crippen molar-refractivity contribution in [3.05, 3.63) is 11.8 Å². The monoisotopic (exact) mass is 366 g/mol. The zero-order chi connectivity index (χ0) is 17.6. The molecule has 138 valence electrons. The van der Waals surface area contributed by atoms with E-state index in [-0.39, 0.29) is 35.7 Å². The Balaban J connectivity index is 1.50.